The van der Waals surface area contributed by atoms with Gasteiger partial charge >= 0.3 is 5.97 Å². The van der Waals surface area contributed by atoms with Crippen LogP contribution >= 0.6 is 23.1 Å². The molecule has 10 heteroatoms. The van der Waals surface area contributed by atoms with Gasteiger partial charge in [-0.1, -0.05) is 35.2 Å². The zero-order valence-corrected chi connectivity index (χ0v) is 14.2. The van der Waals surface area contributed by atoms with Crippen LogP contribution in [0.1, 0.15) is 0 Å². The molecule has 0 unspecified atom stereocenters. The number of anilines is 1. The van der Waals surface area contributed by atoms with Gasteiger partial charge in [-0.05, 0) is 12.1 Å². The van der Waals surface area contributed by atoms with Crippen LogP contribution in [0.4, 0.5) is 5.13 Å². The van der Waals surface area contributed by atoms with Gasteiger partial charge in [0.05, 0.1) is 12.9 Å². The lowest BCUT2D eigenvalue weighted by Crippen LogP contribution is -2.40. The second-order valence-corrected chi connectivity index (χ2v) is 6.79. The molecular weight excluding hydrogens is 354 g/mol. The number of benzene rings is 1. The minimum Gasteiger partial charge on any atom is -0.485 e. The third kappa shape index (κ3) is 3.95. The molecule has 1 aliphatic rings. The average molecular weight is 367 g/mol. The van der Waals surface area contributed by atoms with E-state index in [1.165, 1.54) is 30.2 Å². The highest BCUT2D eigenvalue weighted by molar-refractivity contribution is 8.01. The van der Waals surface area contributed by atoms with Gasteiger partial charge in [-0.2, -0.15) is 0 Å². The molecule has 1 aromatic carbocycles. The molecule has 8 nitrogen and oxygen atoms in total. The number of carbonyl (C=O) groups excluding carboxylic acids is 2. The molecule has 1 aliphatic heterocycles. The van der Waals surface area contributed by atoms with E-state index in [1.807, 2.05) is 6.07 Å². The van der Waals surface area contributed by atoms with Crippen molar-refractivity contribution in [2.75, 3.05) is 24.8 Å². The summed E-state index contributed by atoms with van der Waals surface area (Å²) in [6.45, 7) is 0.117. The second kappa shape index (κ2) is 7.49. The molecule has 1 amide bonds. The number of aromatic nitrogens is 2. The average Bonchev–Trinajstić information content (AvgIpc) is 3.06. The number of ether oxygens (including phenoxy) is 3. The second-order valence-electron chi connectivity index (χ2n) is 4.59. The van der Waals surface area contributed by atoms with Crippen molar-refractivity contribution in [2.45, 2.75) is 10.4 Å². The lowest BCUT2D eigenvalue weighted by atomic mass is 10.2. The number of nitrogens with one attached hydrogen (secondary N) is 1. The highest BCUT2D eigenvalue weighted by Crippen LogP contribution is 2.31. The van der Waals surface area contributed by atoms with E-state index >= 15 is 0 Å². The monoisotopic (exact) mass is 367 g/mol. The lowest BCUT2D eigenvalue weighted by molar-refractivity contribution is -0.137. The number of hydrogen-bond acceptors (Lipinski definition) is 9. The van der Waals surface area contributed by atoms with Crippen molar-refractivity contribution in [3.63, 3.8) is 0 Å². The van der Waals surface area contributed by atoms with Gasteiger partial charge in [0.15, 0.2) is 15.8 Å². The van der Waals surface area contributed by atoms with Crippen LogP contribution in [0, 0.1) is 0 Å². The summed E-state index contributed by atoms with van der Waals surface area (Å²) in [6.07, 6.45) is -0.769. The number of esters is 1. The molecule has 0 saturated carbocycles. The van der Waals surface area contributed by atoms with Crippen molar-refractivity contribution < 1.29 is 23.8 Å². The summed E-state index contributed by atoms with van der Waals surface area (Å²) in [7, 11) is 1.32. The molecule has 3 rings (SSSR count). The highest BCUT2D eigenvalue weighted by Gasteiger charge is 2.28. The number of fused-ring (bicyclic) bond motifs is 1. The van der Waals surface area contributed by atoms with Crippen LogP contribution in [0.2, 0.25) is 0 Å². The molecule has 0 saturated heterocycles. The Morgan fingerprint density at radius 3 is 2.96 bits per heavy atom. The first-order valence-corrected chi connectivity index (χ1v) is 8.68. The van der Waals surface area contributed by atoms with Gasteiger partial charge in [-0.25, -0.2) is 0 Å². The Kier molecular flexibility index (Phi) is 5.16. The minimum atomic E-state index is -0.769. The van der Waals surface area contributed by atoms with Gasteiger partial charge in [-0.3, -0.25) is 14.9 Å². The number of methoxy groups -OCH3 is 1. The number of carbonyl (C=O) groups is 2. The summed E-state index contributed by atoms with van der Waals surface area (Å²) >= 11 is 2.36. The smallest absolute Gasteiger partial charge is 0.316 e. The summed E-state index contributed by atoms with van der Waals surface area (Å²) < 4.78 is 16.2. The predicted molar refractivity (Wildman–Crippen MR) is 87.6 cm³/mol. The molecule has 126 valence electrons. The fourth-order valence-electron chi connectivity index (χ4n) is 1.83. The fraction of sp³-hybridized carbons (Fsp3) is 0.286. The Morgan fingerprint density at radius 1 is 1.38 bits per heavy atom. The summed E-state index contributed by atoms with van der Waals surface area (Å²) in [5.74, 6) is 0.543. The van der Waals surface area contributed by atoms with Crippen molar-refractivity contribution in [1.29, 1.82) is 0 Å². The van der Waals surface area contributed by atoms with Gasteiger partial charge in [-0.15, -0.1) is 10.2 Å². The zero-order chi connectivity index (χ0) is 16.9. The number of amides is 1. The van der Waals surface area contributed by atoms with E-state index in [1.54, 1.807) is 18.2 Å². The third-order valence-corrected chi connectivity index (χ3v) is 4.92. The molecule has 0 aliphatic carbocycles. The number of nitrogens with zero attached hydrogens (tertiary/aromatic N) is 2. The van der Waals surface area contributed by atoms with Crippen LogP contribution in [-0.2, 0) is 14.3 Å². The molecular formula is C14H13N3O5S2. The van der Waals surface area contributed by atoms with E-state index in [-0.39, 0.29) is 24.2 Å². The van der Waals surface area contributed by atoms with Crippen molar-refractivity contribution in [3.05, 3.63) is 24.3 Å². The molecule has 2 heterocycles. The maximum atomic E-state index is 12.2. The molecule has 1 aromatic heterocycles. The maximum absolute atomic E-state index is 12.2. The van der Waals surface area contributed by atoms with Crippen LogP contribution < -0.4 is 14.8 Å². The predicted octanol–water partition coefficient (Wildman–Crippen LogP) is 1.58. The normalized spacial score (nSPS) is 15.6. The Bertz CT molecular complexity index is 752. The summed E-state index contributed by atoms with van der Waals surface area (Å²) in [5.41, 5.74) is 0. The van der Waals surface area contributed by atoms with Gasteiger partial charge < -0.3 is 14.2 Å². The summed E-state index contributed by atoms with van der Waals surface area (Å²) in [4.78, 5) is 23.3. The van der Waals surface area contributed by atoms with E-state index in [0.717, 1.165) is 0 Å². The molecule has 0 fully saturated rings. The van der Waals surface area contributed by atoms with Gasteiger partial charge in [0, 0.05) is 0 Å². The summed E-state index contributed by atoms with van der Waals surface area (Å²) in [6, 6.07) is 7.15. The molecule has 0 spiro atoms. The molecule has 24 heavy (non-hydrogen) atoms. The van der Waals surface area contributed by atoms with E-state index < -0.39 is 6.10 Å². The van der Waals surface area contributed by atoms with Crippen molar-refractivity contribution in [3.8, 4) is 11.5 Å². The Labute approximate surface area is 145 Å². The zero-order valence-electron chi connectivity index (χ0n) is 12.6. The van der Waals surface area contributed by atoms with Gasteiger partial charge in [0.2, 0.25) is 11.2 Å². The number of hydrogen-bond donors (Lipinski definition) is 1. The Hall–Kier alpha value is -2.33. The molecule has 0 bridgehead atoms. The molecule has 2 aromatic rings. The number of rotatable bonds is 5. The van der Waals surface area contributed by atoms with E-state index in [0.29, 0.717) is 21.0 Å². The first-order valence-electron chi connectivity index (χ1n) is 6.88. The SMILES string of the molecule is COC(=O)CSc1nnc(NC(=O)[C@H]2COc3ccccc3O2)s1. The highest BCUT2D eigenvalue weighted by atomic mass is 32.2. The topological polar surface area (TPSA) is 99.6 Å². The Morgan fingerprint density at radius 2 is 2.17 bits per heavy atom. The molecule has 1 atom stereocenters. The van der Waals surface area contributed by atoms with Crippen LogP contribution in [0.3, 0.4) is 0 Å². The standard InChI is InChI=1S/C14H13N3O5S2/c1-20-11(18)7-23-14-17-16-13(24-14)15-12(19)10-6-21-8-4-2-3-5-9(8)22-10/h2-5,10H,6-7H2,1H3,(H,15,16,19)/t10-/m1/s1. The third-order valence-electron chi connectivity index (χ3n) is 2.98. The van der Waals surface area contributed by atoms with E-state index in [4.69, 9.17) is 9.47 Å². The van der Waals surface area contributed by atoms with Crippen molar-refractivity contribution in [1.82, 2.24) is 10.2 Å². The van der Waals surface area contributed by atoms with Gasteiger partial charge in [0.1, 0.15) is 6.61 Å². The fourth-order valence-corrected chi connectivity index (χ4v) is 3.42. The number of para-hydroxylation sites is 2. The van der Waals surface area contributed by atoms with Crippen LogP contribution in [0.25, 0.3) is 0 Å². The first-order chi connectivity index (χ1) is 11.7. The minimum absolute atomic E-state index is 0.117. The first kappa shape index (κ1) is 16.5. The molecule has 0 radical (unpaired) electrons. The molecule has 1 N–H and O–H groups in total. The number of thioether (sulfide) groups is 1. The van der Waals surface area contributed by atoms with Crippen LogP contribution in [-0.4, -0.2) is 47.6 Å². The van der Waals surface area contributed by atoms with E-state index in [2.05, 4.69) is 20.3 Å². The lowest BCUT2D eigenvalue weighted by Gasteiger charge is -2.25. The van der Waals surface area contributed by atoms with Crippen molar-refractivity contribution in [2.24, 2.45) is 0 Å². The van der Waals surface area contributed by atoms with Crippen molar-refractivity contribution >= 4 is 40.1 Å². The van der Waals surface area contributed by atoms with Crippen LogP contribution in [0.5, 0.6) is 11.5 Å². The summed E-state index contributed by atoms with van der Waals surface area (Å²) in [5, 5.41) is 10.7. The maximum Gasteiger partial charge on any atom is 0.316 e. The van der Waals surface area contributed by atoms with Gasteiger partial charge in [0.25, 0.3) is 5.91 Å². The van der Waals surface area contributed by atoms with Crippen LogP contribution in [0.15, 0.2) is 28.6 Å². The van der Waals surface area contributed by atoms with E-state index in [9.17, 15) is 9.59 Å². The Balaban J connectivity index is 1.56. The quantitative estimate of drug-likeness (QED) is 0.483. The largest absolute Gasteiger partial charge is 0.485 e.